The summed E-state index contributed by atoms with van der Waals surface area (Å²) in [6, 6.07) is 18.4. The number of nitrogens with zero attached hydrogens (tertiary/aromatic N) is 2. The van der Waals surface area contributed by atoms with Gasteiger partial charge in [-0.15, -0.1) is 0 Å². The number of pyridine rings is 1. The highest BCUT2D eigenvalue weighted by Crippen LogP contribution is 2.40. The molecule has 0 radical (unpaired) electrons. The lowest BCUT2D eigenvalue weighted by atomic mass is 9.79. The topological polar surface area (TPSA) is 103 Å². The first-order chi connectivity index (χ1) is 17.5. The highest BCUT2D eigenvalue weighted by atomic mass is 16.7. The highest BCUT2D eigenvalue weighted by molar-refractivity contribution is 6.61. The van der Waals surface area contributed by atoms with Crippen molar-refractivity contribution >= 4 is 12.6 Å². The average Bonchev–Trinajstić information content (AvgIpc) is 3.27. The molecule has 1 aromatic heterocycles. The summed E-state index contributed by atoms with van der Waals surface area (Å²) in [4.78, 5) is 5.75. The summed E-state index contributed by atoms with van der Waals surface area (Å²) in [6.07, 6.45) is 4.14. The van der Waals surface area contributed by atoms with E-state index in [9.17, 15) is 10.2 Å². The molecule has 2 N–H and O–H groups in total. The maximum Gasteiger partial charge on any atom is 0.636 e. The minimum atomic E-state index is -1.02. The predicted octanol–water partition coefficient (Wildman–Crippen LogP) is 4.34. The third kappa shape index (κ3) is 5.12. The van der Waals surface area contributed by atoms with Crippen molar-refractivity contribution in [3.8, 4) is 23.3 Å². The summed E-state index contributed by atoms with van der Waals surface area (Å²) < 4.78 is 28.3. The molecule has 0 amide bonds. The maximum absolute atomic E-state index is 9.94. The quantitative estimate of drug-likeness (QED) is 0.491. The SMILES string of the molecule is COc1cccc(Oc2cccc3c2CC[C@H]3Oc2ccc(B3O/C(O)=C\N(C)/C=C(/O)O3)cc2)n1. The third-order valence-corrected chi connectivity index (χ3v) is 5.81. The Morgan fingerprint density at radius 1 is 0.944 bits per heavy atom. The van der Waals surface area contributed by atoms with Gasteiger partial charge < -0.3 is 38.6 Å². The summed E-state index contributed by atoms with van der Waals surface area (Å²) >= 11 is 0. The van der Waals surface area contributed by atoms with Crippen LogP contribution in [0.4, 0.5) is 0 Å². The number of aromatic nitrogens is 1. The van der Waals surface area contributed by atoms with Gasteiger partial charge in [-0.1, -0.05) is 30.3 Å². The van der Waals surface area contributed by atoms with Crippen LogP contribution in [0.25, 0.3) is 0 Å². The summed E-state index contributed by atoms with van der Waals surface area (Å²) in [5.41, 5.74) is 2.76. The Bertz CT molecular complexity index is 1270. The van der Waals surface area contributed by atoms with Gasteiger partial charge in [-0.3, -0.25) is 0 Å². The van der Waals surface area contributed by atoms with Crippen LogP contribution in [0.2, 0.25) is 0 Å². The van der Waals surface area contributed by atoms with E-state index in [4.69, 9.17) is 23.5 Å². The molecule has 0 bridgehead atoms. The summed E-state index contributed by atoms with van der Waals surface area (Å²) in [7, 11) is 2.17. The molecule has 0 fully saturated rings. The molecular formula is C26H25BN2O7. The molecule has 1 aliphatic carbocycles. The highest BCUT2D eigenvalue weighted by Gasteiger charge is 2.31. The van der Waals surface area contributed by atoms with Crippen LogP contribution in [0.1, 0.15) is 23.7 Å². The van der Waals surface area contributed by atoms with E-state index in [1.165, 1.54) is 17.3 Å². The van der Waals surface area contributed by atoms with E-state index in [0.29, 0.717) is 23.0 Å². The summed E-state index contributed by atoms with van der Waals surface area (Å²) in [6.45, 7) is 0. The van der Waals surface area contributed by atoms with Crippen LogP contribution in [-0.4, -0.2) is 41.4 Å². The van der Waals surface area contributed by atoms with Gasteiger partial charge in [0.05, 0.1) is 19.5 Å². The second kappa shape index (κ2) is 10.0. The van der Waals surface area contributed by atoms with E-state index < -0.39 is 7.12 Å². The molecule has 2 aliphatic rings. The van der Waals surface area contributed by atoms with Gasteiger partial charge in [0.2, 0.25) is 11.8 Å². The van der Waals surface area contributed by atoms with Crippen LogP contribution < -0.4 is 19.7 Å². The molecule has 184 valence electrons. The lowest BCUT2D eigenvalue weighted by Gasteiger charge is -2.20. The third-order valence-electron chi connectivity index (χ3n) is 5.81. The van der Waals surface area contributed by atoms with E-state index in [-0.39, 0.29) is 18.0 Å². The van der Waals surface area contributed by atoms with Crippen LogP contribution in [-0.2, 0) is 15.7 Å². The molecule has 0 unspecified atom stereocenters. The zero-order valence-corrected chi connectivity index (χ0v) is 19.8. The minimum absolute atomic E-state index is 0.129. The second-order valence-corrected chi connectivity index (χ2v) is 8.33. The number of ether oxygens (including phenoxy) is 3. The number of benzene rings is 2. The van der Waals surface area contributed by atoms with Gasteiger partial charge in [0.1, 0.15) is 17.6 Å². The molecule has 3 aromatic rings. The summed E-state index contributed by atoms with van der Waals surface area (Å²) in [5.74, 6) is 1.70. The van der Waals surface area contributed by atoms with Crippen LogP contribution in [0.5, 0.6) is 23.3 Å². The van der Waals surface area contributed by atoms with Crippen molar-refractivity contribution in [3.63, 3.8) is 0 Å². The van der Waals surface area contributed by atoms with Gasteiger partial charge in [-0.25, -0.2) is 0 Å². The largest absolute Gasteiger partial charge is 0.636 e. The van der Waals surface area contributed by atoms with E-state index in [1.807, 2.05) is 24.3 Å². The zero-order valence-electron chi connectivity index (χ0n) is 19.8. The van der Waals surface area contributed by atoms with Crippen molar-refractivity contribution in [2.75, 3.05) is 14.2 Å². The molecule has 2 heterocycles. The van der Waals surface area contributed by atoms with E-state index in [0.717, 1.165) is 29.7 Å². The minimum Gasteiger partial charge on any atom is -0.494 e. The fourth-order valence-electron chi connectivity index (χ4n) is 4.17. The number of aliphatic hydroxyl groups excluding tert-OH is 2. The Balaban J connectivity index is 1.29. The Morgan fingerprint density at radius 2 is 1.64 bits per heavy atom. The molecule has 0 saturated heterocycles. The van der Waals surface area contributed by atoms with Crippen LogP contribution in [0.15, 0.2) is 85.0 Å². The number of fused-ring (bicyclic) bond motifs is 1. The molecule has 0 saturated carbocycles. The average molecular weight is 488 g/mol. The first kappa shape index (κ1) is 23.3. The molecule has 5 rings (SSSR count). The number of rotatable bonds is 6. The van der Waals surface area contributed by atoms with Crippen LogP contribution in [0, 0.1) is 0 Å². The Morgan fingerprint density at radius 3 is 2.36 bits per heavy atom. The van der Waals surface area contributed by atoms with Gasteiger partial charge in [0.25, 0.3) is 11.9 Å². The van der Waals surface area contributed by atoms with Crippen molar-refractivity contribution in [3.05, 3.63) is 96.1 Å². The van der Waals surface area contributed by atoms with Gasteiger partial charge >= 0.3 is 7.12 Å². The normalized spacial score (nSPS) is 19.9. The standard InChI is InChI=1S/C26H25BN2O7/c1-29-15-25(30)35-27(36-26(31)16-29)17-9-11-18(12-10-17)33-22-14-13-20-19(22)5-3-6-21(20)34-24-8-4-7-23(28-24)32-2/h3-12,15-16,22,30-31H,13-14H2,1-2H3/b25-15-,26-16-/t22-/m1/s1. The van der Waals surface area contributed by atoms with Crippen molar-refractivity contribution in [2.24, 2.45) is 0 Å². The number of hydrogen-bond donors (Lipinski definition) is 2. The molecule has 10 heteroatoms. The van der Waals surface area contributed by atoms with Gasteiger partial charge in [-0.05, 0) is 36.6 Å². The molecular weight excluding hydrogens is 463 g/mol. The van der Waals surface area contributed by atoms with Crippen LogP contribution >= 0.6 is 0 Å². The van der Waals surface area contributed by atoms with E-state index >= 15 is 0 Å². The molecule has 0 spiro atoms. The monoisotopic (exact) mass is 488 g/mol. The fourth-order valence-corrected chi connectivity index (χ4v) is 4.17. The Kier molecular flexibility index (Phi) is 6.49. The molecule has 36 heavy (non-hydrogen) atoms. The lowest BCUT2D eigenvalue weighted by Crippen LogP contribution is -2.37. The summed E-state index contributed by atoms with van der Waals surface area (Å²) in [5, 5.41) is 19.9. The van der Waals surface area contributed by atoms with Gasteiger partial charge in [0, 0.05) is 30.2 Å². The van der Waals surface area contributed by atoms with E-state index in [2.05, 4.69) is 4.98 Å². The van der Waals surface area contributed by atoms with Crippen molar-refractivity contribution in [1.29, 1.82) is 0 Å². The Hall–Kier alpha value is -4.47. The molecule has 9 nitrogen and oxygen atoms in total. The molecule has 1 atom stereocenters. The first-order valence-corrected chi connectivity index (χ1v) is 11.4. The smallest absolute Gasteiger partial charge is 0.494 e. The number of aliphatic hydroxyl groups is 2. The van der Waals surface area contributed by atoms with Crippen molar-refractivity contribution < 1.29 is 33.7 Å². The number of methoxy groups -OCH3 is 1. The Labute approximate surface area is 208 Å². The fraction of sp³-hybridized carbons (Fsp3) is 0.192. The zero-order chi connectivity index (χ0) is 25.1. The molecule has 1 aliphatic heterocycles. The second-order valence-electron chi connectivity index (χ2n) is 8.33. The predicted molar refractivity (Wildman–Crippen MR) is 132 cm³/mol. The van der Waals surface area contributed by atoms with Crippen LogP contribution in [0.3, 0.4) is 0 Å². The number of hydrogen-bond acceptors (Lipinski definition) is 9. The maximum atomic E-state index is 9.94. The van der Waals surface area contributed by atoms with Crippen molar-refractivity contribution in [1.82, 2.24) is 9.88 Å². The van der Waals surface area contributed by atoms with Gasteiger partial charge in [-0.2, -0.15) is 4.98 Å². The van der Waals surface area contributed by atoms with E-state index in [1.54, 1.807) is 50.6 Å². The van der Waals surface area contributed by atoms with Gasteiger partial charge in [0.15, 0.2) is 0 Å². The first-order valence-electron chi connectivity index (χ1n) is 11.4. The van der Waals surface area contributed by atoms with Crippen molar-refractivity contribution in [2.45, 2.75) is 18.9 Å². The molecule has 2 aromatic carbocycles. The lowest BCUT2D eigenvalue weighted by molar-refractivity contribution is 0.124.